The normalized spacial score (nSPS) is 14.0. The van der Waals surface area contributed by atoms with Gasteiger partial charge in [-0.25, -0.2) is 18.5 Å². The van der Waals surface area contributed by atoms with Crippen molar-refractivity contribution in [2.24, 2.45) is 5.14 Å². The highest BCUT2D eigenvalue weighted by molar-refractivity contribution is 7.90. The topological polar surface area (TPSA) is 94.5 Å². The van der Waals surface area contributed by atoms with E-state index in [-0.39, 0.29) is 15.8 Å². The largest absolute Gasteiger partial charge is 0.288 e. The van der Waals surface area contributed by atoms with Crippen molar-refractivity contribution in [1.82, 2.24) is 9.38 Å². The summed E-state index contributed by atoms with van der Waals surface area (Å²) in [5.41, 5.74) is 0.410. The molecule has 0 aliphatic heterocycles. The molecule has 17 heavy (non-hydrogen) atoms. The molecule has 0 aromatic carbocycles. The molecule has 6 nitrogen and oxygen atoms in total. The van der Waals surface area contributed by atoms with Crippen LogP contribution in [0.3, 0.4) is 0 Å². The van der Waals surface area contributed by atoms with Gasteiger partial charge in [0.05, 0.1) is 10.8 Å². The molecule has 0 radical (unpaired) electrons. The SMILES string of the molecule is CCS(=O)c1nc2ccccn2c1S(N)(=O)=O. The molecule has 0 saturated carbocycles. The fraction of sp³-hybridized carbons (Fsp3) is 0.222. The third-order valence-electron chi connectivity index (χ3n) is 2.20. The Morgan fingerprint density at radius 2 is 2.18 bits per heavy atom. The minimum atomic E-state index is -3.96. The number of fused-ring (bicyclic) bond motifs is 1. The van der Waals surface area contributed by atoms with Gasteiger partial charge in [0, 0.05) is 11.9 Å². The van der Waals surface area contributed by atoms with Crippen molar-refractivity contribution in [1.29, 1.82) is 0 Å². The van der Waals surface area contributed by atoms with E-state index in [4.69, 9.17) is 5.14 Å². The molecule has 0 saturated heterocycles. The van der Waals surface area contributed by atoms with Gasteiger partial charge in [0.15, 0.2) is 10.1 Å². The maximum Gasteiger partial charge on any atom is 0.256 e. The average Bonchev–Trinajstić information content (AvgIpc) is 2.66. The molecule has 2 N–H and O–H groups in total. The standard InChI is InChI=1S/C9H11N3O3S2/c1-2-16(13)8-9(17(10,14)15)12-6-4-3-5-7(12)11-8/h3-6H,2H2,1H3,(H2,10,14,15). The minimum absolute atomic E-state index is 0.0150. The van der Waals surface area contributed by atoms with Gasteiger partial charge in [-0.2, -0.15) is 0 Å². The van der Waals surface area contributed by atoms with Gasteiger partial charge in [-0.15, -0.1) is 0 Å². The number of pyridine rings is 1. The summed E-state index contributed by atoms with van der Waals surface area (Å²) in [6.45, 7) is 1.69. The molecular weight excluding hydrogens is 262 g/mol. The number of rotatable bonds is 3. The Morgan fingerprint density at radius 3 is 2.76 bits per heavy atom. The zero-order chi connectivity index (χ0) is 12.6. The van der Waals surface area contributed by atoms with Crippen LogP contribution in [0.5, 0.6) is 0 Å². The molecular formula is C9H11N3O3S2. The maximum absolute atomic E-state index is 11.8. The first-order valence-corrected chi connectivity index (χ1v) is 7.70. The fourth-order valence-corrected chi connectivity index (χ4v) is 3.60. The molecule has 1 atom stereocenters. The Morgan fingerprint density at radius 1 is 1.47 bits per heavy atom. The van der Waals surface area contributed by atoms with Gasteiger partial charge in [0.25, 0.3) is 10.0 Å². The minimum Gasteiger partial charge on any atom is -0.288 e. The van der Waals surface area contributed by atoms with E-state index >= 15 is 0 Å². The molecule has 92 valence electrons. The summed E-state index contributed by atoms with van der Waals surface area (Å²) < 4.78 is 36.2. The Hall–Kier alpha value is -1.25. The lowest BCUT2D eigenvalue weighted by Crippen LogP contribution is -2.17. The van der Waals surface area contributed by atoms with Crippen LogP contribution < -0.4 is 5.14 Å². The lowest BCUT2D eigenvalue weighted by atomic mass is 10.5. The van der Waals surface area contributed by atoms with Gasteiger partial charge in [-0.1, -0.05) is 13.0 Å². The second kappa shape index (κ2) is 4.21. The van der Waals surface area contributed by atoms with Crippen molar-refractivity contribution in [3.63, 3.8) is 0 Å². The van der Waals surface area contributed by atoms with E-state index in [0.717, 1.165) is 0 Å². The maximum atomic E-state index is 11.8. The van der Waals surface area contributed by atoms with Crippen LogP contribution in [0.25, 0.3) is 5.65 Å². The number of aromatic nitrogens is 2. The number of nitrogens with zero attached hydrogens (tertiary/aromatic N) is 2. The lowest BCUT2D eigenvalue weighted by molar-refractivity contribution is 0.588. The van der Waals surface area contributed by atoms with Crippen LogP contribution in [0.4, 0.5) is 0 Å². The van der Waals surface area contributed by atoms with Crippen LogP contribution in [0, 0.1) is 0 Å². The molecule has 1 unspecified atom stereocenters. The molecule has 2 aromatic heterocycles. The smallest absolute Gasteiger partial charge is 0.256 e. The van der Waals surface area contributed by atoms with Crippen LogP contribution in [-0.2, 0) is 20.8 Å². The summed E-state index contributed by atoms with van der Waals surface area (Å²) in [5, 5.41) is 4.95. The fourth-order valence-electron chi connectivity index (χ4n) is 1.50. The first-order chi connectivity index (χ1) is 7.95. The predicted octanol–water partition coefficient (Wildman–Crippen LogP) is 0.109. The zero-order valence-corrected chi connectivity index (χ0v) is 10.7. The number of nitrogens with two attached hydrogens (primary N) is 1. The quantitative estimate of drug-likeness (QED) is 0.858. The van der Waals surface area contributed by atoms with Crippen molar-refractivity contribution in [3.8, 4) is 0 Å². The Bertz CT molecular complexity index is 691. The Balaban J connectivity index is 2.89. The molecule has 0 aliphatic carbocycles. The zero-order valence-electron chi connectivity index (χ0n) is 9.03. The average molecular weight is 273 g/mol. The molecule has 0 fully saturated rings. The van der Waals surface area contributed by atoms with Crippen LogP contribution in [-0.4, -0.2) is 27.8 Å². The van der Waals surface area contributed by atoms with E-state index in [1.54, 1.807) is 25.1 Å². The van der Waals surface area contributed by atoms with Crippen molar-refractivity contribution in [3.05, 3.63) is 24.4 Å². The number of primary sulfonamides is 1. The second-order valence-corrected chi connectivity index (χ2v) is 6.46. The van der Waals surface area contributed by atoms with Crippen LogP contribution in [0.15, 0.2) is 34.4 Å². The monoisotopic (exact) mass is 273 g/mol. The van der Waals surface area contributed by atoms with E-state index in [9.17, 15) is 12.6 Å². The van der Waals surface area contributed by atoms with Crippen molar-refractivity contribution >= 4 is 26.5 Å². The van der Waals surface area contributed by atoms with E-state index in [0.29, 0.717) is 5.65 Å². The lowest BCUT2D eigenvalue weighted by Gasteiger charge is -2.00. The van der Waals surface area contributed by atoms with Gasteiger partial charge < -0.3 is 0 Å². The summed E-state index contributed by atoms with van der Waals surface area (Å²) in [6.07, 6.45) is 1.53. The summed E-state index contributed by atoms with van der Waals surface area (Å²) in [6, 6.07) is 5.00. The molecule has 2 aromatic rings. The molecule has 0 aliphatic rings. The first kappa shape index (κ1) is 12.2. The summed E-state index contributed by atoms with van der Waals surface area (Å²) in [7, 11) is -5.44. The molecule has 0 spiro atoms. The summed E-state index contributed by atoms with van der Waals surface area (Å²) >= 11 is 0. The van der Waals surface area contributed by atoms with Gasteiger partial charge in [0.2, 0.25) is 0 Å². The second-order valence-electron chi connectivity index (χ2n) is 3.33. The summed E-state index contributed by atoms with van der Waals surface area (Å²) in [4.78, 5) is 4.05. The first-order valence-electron chi connectivity index (χ1n) is 4.83. The number of sulfonamides is 1. The van der Waals surface area contributed by atoms with Gasteiger partial charge in [0.1, 0.15) is 5.65 Å². The van der Waals surface area contributed by atoms with Gasteiger partial charge >= 0.3 is 0 Å². The Kier molecular flexibility index (Phi) is 3.02. The number of hydrogen-bond donors (Lipinski definition) is 1. The van der Waals surface area contributed by atoms with E-state index < -0.39 is 20.8 Å². The van der Waals surface area contributed by atoms with Crippen LogP contribution in [0.2, 0.25) is 0 Å². The van der Waals surface area contributed by atoms with Gasteiger partial charge in [-0.05, 0) is 12.1 Å². The third kappa shape index (κ3) is 2.11. The molecule has 0 bridgehead atoms. The van der Waals surface area contributed by atoms with Crippen LogP contribution >= 0.6 is 0 Å². The van der Waals surface area contributed by atoms with E-state index in [2.05, 4.69) is 4.98 Å². The highest BCUT2D eigenvalue weighted by Crippen LogP contribution is 2.20. The highest BCUT2D eigenvalue weighted by Gasteiger charge is 2.24. The van der Waals surface area contributed by atoms with E-state index in [1.165, 1.54) is 10.6 Å². The highest BCUT2D eigenvalue weighted by atomic mass is 32.2. The Labute approximate surface area is 101 Å². The van der Waals surface area contributed by atoms with Crippen LogP contribution in [0.1, 0.15) is 6.92 Å². The van der Waals surface area contributed by atoms with E-state index in [1.807, 2.05) is 0 Å². The molecule has 0 amide bonds. The van der Waals surface area contributed by atoms with Gasteiger partial charge in [-0.3, -0.25) is 8.61 Å². The number of hydrogen-bond acceptors (Lipinski definition) is 4. The van der Waals surface area contributed by atoms with Crippen molar-refractivity contribution < 1.29 is 12.6 Å². The predicted molar refractivity (Wildman–Crippen MR) is 63.5 cm³/mol. The third-order valence-corrected chi connectivity index (χ3v) is 4.50. The van der Waals surface area contributed by atoms with Crippen molar-refractivity contribution in [2.45, 2.75) is 17.0 Å². The van der Waals surface area contributed by atoms with Crippen molar-refractivity contribution in [2.75, 3.05) is 5.75 Å². The molecule has 2 heterocycles. The number of imidazole rings is 1. The summed E-state index contributed by atoms with van der Waals surface area (Å²) in [5.74, 6) is 0.284. The molecule has 2 rings (SSSR count). The molecule has 8 heteroatoms.